The number of aliphatic carboxylic acids is 1. The monoisotopic (exact) mass is 360 g/mol. The maximum Gasteiger partial charge on any atom is 0.330 e. The fourth-order valence-corrected chi connectivity index (χ4v) is 3.05. The normalized spacial score (nSPS) is 12.9. The number of nitrogens with one attached hydrogen (secondary N) is 1. The molecule has 3 rings (SSSR count). The number of benzene rings is 2. The van der Waals surface area contributed by atoms with Crippen LogP contribution >= 0.6 is 0 Å². The number of hydrogen-bond acceptors (Lipinski definition) is 3. The van der Waals surface area contributed by atoms with Crippen molar-refractivity contribution >= 4 is 22.8 Å². The summed E-state index contributed by atoms with van der Waals surface area (Å²) in [6, 6.07) is 20.0. The molecule has 0 radical (unpaired) electrons. The maximum atomic E-state index is 12.8. The molecular weight excluding hydrogens is 340 g/mol. The Labute approximate surface area is 157 Å². The summed E-state index contributed by atoms with van der Waals surface area (Å²) < 4.78 is 0. The van der Waals surface area contributed by atoms with Gasteiger partial charge >= 0.3 is 5.97 Å². The van der Waals surface area contributed by atoms with Crippen molar-refractivity contribution in [2.24, 2.45) is 0 Å². The summed E-state index contributed by atoms with van der Waals surface area (Å²) in [5, 5.41) is 13.5. The van der Waals surface area contributed by atoms with Crippen molar-refractivity contribution in [1.82, 2.24) is 10.3 Å². The number of nitrogens with zero attached hydrogens (tertiary/aromatic N) is 1. The molecule has 27 heavy (non-hydrogen) atoms. The smallest absolute Gasteiger partial charge is 0.330 e. The summed E-state index contributed by atoms with van der Waals surface area (Å²) in [5.74, 6) is -1.64. The lowest BCUT2D eigenvalue weighted by Crippen LogP contribution is -2.56. The minimum absolute atomic E-state index is 0.0938. The Kier molecular flexibility index (Phi) is 5.31. The van der Waals surface area contributed by atoms with Crippen molar-refractivity contribution in [2.45, 2.75) is 18.4 Å². The van der Waals surface area contributed by atoms with Gasteiger partial charge in [0.2, 0.25) is 0 Å². The summed E-state index contributed by atoms with van der Waals surface area (Å²) in [7, 11) is 0. The molecular formula is C22H20N2O3. The zero-order valence-corrected chi connectivity index (χ0v) is 14.8. The van der Waals surface area contributed by atoms with E-state index < -0.39 is 17.4 Å². The number of hydrogen-bond donors (Lipinski definition) is 2. The van der Waals surface area contributed by atoms with Gasteiger partial charge in [0.05, 0.1) is 5.52 Å². The number of pyridine rings is 1. The first kappa shape index (κ1) is 18.3. The van der Waals surface area contributed by atoms with Gasteiger partial charge in [-0.15, -0.1) is 6.58 Å². The van der Waals surface area contributed by atoms with Crippen LogP contribution in [0.1, 0.15) is 22.5 Å². The Morgan fingerprint density at radius 1 is 1.04 bits per heavy atom. The number of amides is 1. The number of carbonyl (C=O) groups excluding carboxylic acids is 1. The second kappa shape index (κ2) is 7.83. The van der Waals surface area contributed by atoms with Crippen LogP contribution in [-0.2, 0) is 11.2 Å². The molecule has 0 aliphatic carbocycles. The van der Waals surface area contributed by atoms with Crippen LogP contribution in [0.4, 0.5) is 0 Å². The largest absolute Gasteiger partial charge is 0.479 e. The molecule has 5 nitrogen and oxygen atoms in total. The average molecular weight is 360 g/mol. The van der Waals surface area contributed by atoms with Crippen LogP contribution in [-0.4, -0.2) is 27.5 Å². The Hall–Kier alpha value is -3.47. The molecule has 0 saturated carbocycles. The molecule has 0 bridgehead atoms. The number of fused-ring (bicyclic) bond motifs is 1. The molecule has 0 saturated heterocycles. The molecule has 2 N–H and O–H groups in total. The predicted octanol–water partition coefficient (Wildman–Crippen LogP) is 3.61. The van der Waals surface area contributed by atoms with Crippen LogP contribution in [0.3, 0.4) is 0 Å². The van der Waals surface area contributed by atoms with Gasteiger partial charge in [-0.25, -0.2) is 9.78 Å². The second-order valence-electron chi connectivity index (χ2n) is 6.39. The van der Waals surface area contributed by atoms with E-state index in [-0.39, 0.29) is 18.5 Å². The van der Waals surface area contributed by atoms with E-state index in [2.05, 4.69) is 16.9 Å². The average Bonchev–Trinajstić information content (AvgIpc) is 2.68. The zero-order valence-electron chi connectivity index (χ0n) is 14.8. The van der Waals surface area contributed by atoms with E-state index >= 15 is 0 Å². The summed E-state index contributed by atoms with van der Waals surface area (Å²) in [5.41, 5.74) is 0.177. The molecule has 1 heterocycles. The third-order valence-corrected chi connectivity index (χ3v) is 4.43. The topological polar surface area (TPSA) is 79.3 Å². The van der Waals surface area contributed by atoms with E-state index in [4.69, 9.17) is 0 Å². The Bertz CT molecular complexity index is 985. The highest BCUT2D eigenvalue weighted by Gasteiger charge is 2.39. The molecule has 3 aromatic rings. The quantitative estimate of drug-likeness (QED) is 0.631. The van der Waals surface area contributed by atoms with Crippen LogP contribution in [0.25, 0.3) is 10.9 Å². The van der Waals surface area contributed by atoms with Gasteiger partial charge < -0.3 is 10.4 Å². The predicted molar refractivity (Wildman–Crippen MR) is 105 cm³/mol. The number of rotatable bonds is 7. The van der Waals surface area contributed by atoms with Gasteiger partial charge in [-0.05, 0) is 24.1 Å². The fourth-order valence-electron chi connectivity index (χ4n) is 3.05. The van der Waals surface area contributed by atoms with E-state index in [0.29, 0.717) is 5.52 Å². The first-order chi connectivity index (χ1) is 13.0. The first-order valence-electron chi connectivity index (χ1n) is 8.60. The molecule has 0 fully saturated rings. The highest BCUT2D eigenvalue weighted by molar-refractivity contribution is 5.98. The Morgan fingerprint density at radius 3 is 2.44 bits per heavy atom. The Balaban J connectivity index is 1.93. The molecule has 1 unspecified atom stereocenters. The number of carboxylic acids is 1. The van der Waals surface area contributed by atoms with Crippen molar-refractivity contribution in [3.63, 3.8) is 0 Å². The van der Waals surface area contributed by atoms with Gasteiger partial charge in [-0.3, -0.25) is 4.79 Å². The molecule has 1 atom stereocenters. The minimum atomic E-state index is -1.49. The number of para-hydroxylation sites is 1. The molecule has 1 aromatic heterocycles. The molecule has 136 valence electrons. The SMILES string of the molecule is C=CCC(Cc1ccccc1)(NC(=O)c1ccc2ccccc2n1)C(=O)O. The van der Waals surface area contributed by atoms with Gasteiger partial charge in [-0.1, -0.05) is 60.7 Å². The van der Waals surface area contributed by atoms with Gasteiger partial charge in [0, 0.05) is 11.8 Å². The maximum absolute atomic E-state index is 12.8. The molecule has 0 aliphatic rings. The van der Waals surface area contributed by atoms with Gasteiger partial charge in [0.15, 0.2) is 0 Å². The van der Waals surface area contributed by atoms with E-state index in [9.17, 15) is 14.7 Å². The van der Waals surface area contributed by atoms with Crippen LogP contribution in [0, 0.1) is 0 Å². The molecule has 0 aliphatic heterocycles. The molecule has 2 aromatic carbocycles. The molecule has 0 spiro atoms. The van der Waals surface area contributed by atoms with Crippen molar-refractivity contribution < 1.29 is 14.7 Å². The summed E-state index contributed by atoms with van der Waals surface area (Å²) >= 11 is 0. The van der Waals surface area contributed by atoms with Gasteiger partial charge in [0.25, 0.3) is 5.91 Å². The van der Waals surface area contributed by atoms with E-state index in [1.807, 2.05) is 54.6 Å². The standard InChI is InChI=1S/C22H20N2O3/c1-2-14-22(21(26)27,15-16-8-4-3-5-9-16)24-20(25)19-13-12-17-10-6-7-11-18(17)23-19/h2-13H,1,14-15H2,(H,24,25)(H,26,27). The van der Waals surface area contributed by atoms with Crippen molar-refractivity contribution in [3.05, 3.63) is 90.6 Å². The molecule has 5 heteroatoms. The third kappa shape index (κ3) is 4.03. The van der Waals surface area contributed by atoms with Crippen LogP contribution in [0.2, 0.25) is 0 Å². The first-order valence-corrected chi connectivity index (χ1v) is 8.60. The van der Waals surface area contributed by atoms with Crippen molar-refractivity contribution in [2.75, 3.05) is 0 Å². The van der Waals surface area contributed by atoms with Crippen LogP contribution < -0.4 is 5.32 Å². The van der Waals surface area contributed by atoms with Gasteiger partial charge in [-0.2, -0.15) is 0 Å². The van der Waals surface area contributed by atoms with E-state index in [1.54, 1.807) is 12.1 Å². The number of aromatic nitrogens is 1. The van der Waals surface area contributed by atoms with E-state index in [0.717, 1.165) is 10.9 Å². The molecule has 1 amide bonds. The highest BCUT2D eigenvalue weighted by atomic mass is 16.4. The lowest BCUT2D eigenvalue weighted by atomic mass is 9.87. The summed E-state index contributed by atoms with van der Waals surface area (Å²) in [6.45, 7) is 3.66. The Morgan fingerprint density at radius 2 is 1.74 bits per heavy atom. The lowest BCUT2D eigenvalue weighted by molar-refractivity contribution is -0.144. The summed E-state index contributed by atoms with van der Waals surface area (Å²) in [4.78, 5) is 29.3. The lowest BCUT2D eigenvalue weighted by Gasteiger charge is -2.29. The minimum Gasteiger partial charge on any atom is -0.479 e. The van der Waals surface area contributed by atoms with Crippen LogP contribution in [0.15, 0.2) is 79.4 Å². The van der Waals surface area contributed by atoms with Gasteiger partial charge in [0.1, 0.15) is 11.2 Å². The van der Waals surface area contributed by atoms with Crippen molar-refractivity contribution in [1.29, 1.82) is 0 Å². The van der Waals surface area contributed by atoms with E-state index in [1.165, 1.54) is 6.08 Å². The zero-order chi connectivity index (χ0) is 19.3. The third-order valence-electron chi connectivity index (χ3n) is 4.43. The number of carbonyl (C=O) groups is 2. The van der Waals surface area contributed by atoms with Crippen molar-refractivity contribution in [3.8, 4) is 0 Å². The fraction of sp³-hybridized carbons (Fsp3) is 0.136. The van der Waals surface area contributed by atoms with Crippen LogP contribution in [0.5, 0.6) is 0 Å². The second-order valence-corrected chi connectivity index (χ2v) is 6.39. The summed E-state index contributed by atoms with van der Waals surface area (Å²) in [6.07, 6.45) is 1.75. The number of carboxylic acid groups (broad SMARTS) is 1. The highest BCUT2D eigenvalue weighted by Crippen LogP contribution is 2.20.